The van der Waals surface area contributed by atoms with Crippen LogP contribution in [0.15, 0.2) is 53.4 Å². The molecule has 0 saturated heterocycles. The summed E-state index contributed by atoms with van der Waals surface area (Å²) in [6.45, 7) is 4.16. The number of carboxylic acid groups (broad SMARTS) is 1. The minimum atomic E-state index is -3.75. The molecule has 2 aromatic carbocycles. The summed E-state index contributed by atoms with van der Waals surface area (Å²) in [6.07, 6.45) is 0.978. The average molecular weight is 333 g/mol. The Morgan fingerprint density at radius 1 is 1.17 bits per heavy atom. The van der Waals surface area contributed by atoms with Gasteiger partial charge in [0.1, 0.15) is 0 Å². The molecule has 0 spiro atoms. The molecule has 0 aliphatic rings. The molecule has 0 aliphatic heterocycles. The molecule has 6 heteroatoms. The summed E-state index contributed by atoms with van der Waals surface area (Å²) in [7, 11) is -3.75. The Bertz CT molecular complexity index is 798. The number of carboxylic acids is 1. The predicted molar refractivity (Wildman–Crippen MR) is 89.4 cm³/mol. The molecule has 2 N–H and O–H groups in total. The predicted octanol–water partition coefficient (Wildman–Crippen LogP) is 3.70. The molecule has 0 heterocycles. The first-order valence-corrected chi connectivity index (χ1v) is 8.78. The van der Waals surface area contributed by atoms with Crippen LogP contribution in [0.5, 0.6) is 0 Å². The second-order valence-electron chi connectivity index (χ2n) is 5.37. The first-order valence-electron chi connectivity index (χ1n) is 7.29. The zero-order valence-electron chi connectivity index (χ0n) is 13.0. The van der Waals surface area contributed by atoms with E-state index in [2.05, 4.69) is 18.6 Å². The summed E-state index contributed by atoms with van der Waals surface area (Å²) in [4.78, 5) is 11.1. The topological polar surface area (TPSA) is 83.5 Å². The number of benzene rings is 2. The lowest BCUT2D eigenvalue weighted by molar-refractivity contribution is 0.0697. The van der Waals surface area contributed by atoms with Gasteiger partial charge in [0.25, 0.3) is 10.0 Å². The van der Waals surface area contributed by atoms with Crippen LogP contribution >= 0.6 is 0 Å². The molecule has 2 aromatic rings. The second kappa shape index (κ2) is 6.83. The van der Waals surface area contributed by atoms with Crippen LogP contribution in [0.25, 0.3) is 0 Å². The molecule has 0 radical (unpaired) electrons. The van der Waals surface area contributed by atoms with E-state index in [0.29, 0.717) is 5.92 Å². The van der Waals surface area contributed by atoms with Crippen LogP contribution in [0.3, 0.4) is 0 Å². The molecule has 0 saturated carbocycles. The van der Waals surface area contributed by atoms with Gasteiger partial charge in [0.15, 0.2) is 0 Å². The third-order valence-corrected chi connectivity index (χ3v) is 5.13. The van der Waals surface area contributed by atoms with Crippen LogP contribution in [0.4, 0.5) is 5.69 Å². The van der Waals surface area contributed by atoms with Crippen LogP contribution in [0.2, 0.25) is 0 Å². The molecule has 2 rings (SSSR count). The Hall–Kier alpha value is -2.34. The summed E-state index contributed by atoms with van der Waals surface area (Å²) in [5.74, 6) is -0.740. The van der Waals surface area contributed by atoms with Crippen molar-refractivity contribution in [2.24, 2.45) is 0 Å². The van der Waals surface area contributed by atoms with Crippen LogP contribution in [-0.4, -0.2) is 19.5 Å². The largest absolute Gasteiger partial charge is 0.478 e. The maximum Gasteiger partial charge on any atom is 0.335 e. The molecule has 0 unspecified atom stereocenters. The van der Waals surface area contributed by atoms with E-state index in [-0.39, 0.29) is 16.1 Å². The van der Waals surface area contributed by atoms with E-state index in [1.807, 2.05) is 0 Å². The van der Waals surface area contributed by atoms with Crippen molar-refractivity contribution >= 4 is 21.7 Å². The highest BCUT2D eigenvalue weighted by atomic mass is 32.2. The Balaban J connectivity index is 2.25. The van der Waals surface area contributed by atoms with E-state index in [4.69, 9.17) is 5.11 Å². The van der Waals surface area contributed by atoms with Gasteiger partial charge in [-0.05, 0) is 48.2 Å². The monoisotopic (exact) mass is 333 g/mol. The first kappa shape index (κ1) is 17.0. The van der Waals surface area contributed by atoms with E-state index in [1.54, 1.807) is 24.3 Å². The molecule has 122 valence electrons. The van der Waals surface area contributed by atoms with Crippen molar-refractivity contribution in [2.45, 2.75) is 31.1 Å². The molecule has 5 nitrogen and oxygen atoms in total. The molecule has 0 bridgehead atoms. The molecule has 0 aliphatic carbocycles. The maximum absolute atomic E-state index is 12.4. The fourth-order valence-electron chi connectivity index (χ4n) is 2.14. The Labute approximate surface area is 136 Å². The minimum absolute atomic E-state index is 0.0253. The van der Waals surface area contributed by atoms with Crippen molar-refractivity contribution in [3.8, 4) is 0 Å². The molecular weight excluding hydrogens is 314 g/mol. The van der Waals surface area contributed by atoms with E-state index in [1.165, 1.54) is 24.3 Å². The van der Waals surface area contributed by atoms with E-state index in [9.17, 15) is 13.2 Å². The Morgan fingerprint density at radius 2 is 1.83 bits per heavy atom. The second-order valence-corrected chi connectivity index (χ2v) is 7.05. The van der Waals surface area contributed by atoms with Gasteiger partial charge in [0.2, 0.25) is 0 Å². The smallest absolute Gasteiger partial charge is 0.335 e. The van der Waals surface area contributed by atoms with E-state index >= 15 is 0 Å². The van der Waals surface area contributed by atoms with Gasteiger partial charge < -0.3 is 5.11 Å². The number of carbonyl (C=O) groups is 1. The van der Waals surface area contributed by atoms with E-state index < -0.39 is 16.0 Å². The van der Waals surface area contributed by atoms with Gasteiger partial charge in [-0.2, -0.15) is 0 Å². The summed E-state index contributed by atoms with van der Waals surface area (Å²) >= 11 is 0. The summed E-state index contributed by atoms with van der Waals surface area (Å²) in [5.41, 5.74) is 1.33. The molecular formula is C17H19NO4S. The summed E-state index contributed by atoms with van der Waals surface area (Å²) in [5, 5.41) is 8.95. The number of nitrogens with one attached hydrogen (secondary N) is 1. The number of aromatic carboxylic acids is 1. The third-order valence-electron chi connectivity index (χ3n) is 3.73. The molecule has 0 aromatic heterocycles. The zero-order valence-corrected chi connectivity index (χ0v) is 13.8. The fourth-order valence-corrected chi connectivity index (χ4v) is 3.19. The lowest BCUT2D eigenvalue weighted by Crippen LogP contribution is -2.13. The quantitative estimate of drug-likeness (QED) is 0.844. The van der Waals surface area contributed by atoms with Crippen LogP contribution < -0.4 is 4.72 Å². The highest BCUT2D eigenvalue weighted by Gasteiger charge is 2.15. The Morgan fingerprint density at radius 3 is 2.39 bits per heavy atom. The minimum Gasteiger partial charge on any atom is -0.478 e. The van der Waals surface area contributed by atoms with Crippen molar-refractivity contribution < 1.29 is 18.3 Å². The summed E-state index contributed by atoms with van der Waals surface area (Å²) < 4.78 is 27.2. The highest BCUT2D eigenvalue weighted by molar-refractivity contribution is 7.92. The number of anilines is 1. The summed E-state index contributed by atoms with van der Waals surface area (Å²) in [6, 6.07) is 12.4. The van der Waals surface area contributed by atoms with Gasteiger partial charge in [-0.3, -0.25) is 4.72 Å². The van der Waals surface area contributed by atoms with Crippen LogP contribution in [0, 0.1) is 0 Å². The number of rotatable bonds is 6. The van der Waals surface area contributed by atoms with E-state index in [0.717, 1.165) is 12.0 Å². The van der Waals surface area contributed by atoms with Crippen molar-refractivity contribution in [1.82, 2.24) is 0 Å². The van der Waals surface area contributed by atoms with Crippen molar-refractivity contribution in [3.05, 3.63) is 59.7 Å². The fraction of sp³-hybridized carbons (Fsp3) is 0.235. The molecule has 0 fully saturated rings. The van der Waals surface area contributed by atoms with Gasteiger partial charge in [0, 0.05) is 5.69 Å². The normalized spacial score (nSPS) is 12.6. The number of hydrogen-bond acceptors (Lipinski definition) is 3. The number of sulfonamides is 1. The van der Waals surface area contributed by atoms with Gasteiger partial charge in [0.05, 0.1) is 10.5 Å². The van der Waals surface area contributed by atoms with Gasteiger partial charge in [-0.15, -0.1) is 0 Å². The standard InChI is InChI=1S/C17H19NO4S/c1-3-12(2)13-7-9-16(10-8-13)23(21,22)18-15-6-4-5-14(11-15)17(19)20/h4-12,18H,3H2,1-2H3,(H,19,20)/t12-/m1/s1. The molecule has 0 amide bonds. The highest BCUT2D eigenvalue weighted by Crippen LogP contribution is 2.22. The molecule has 23 heavy (non-hydrogen) atoms. The molecule has 1 atom stereocenters. The van der Waals surface area contributed by atoms with Crippen molar-refractivity contribution in [3.63, 3.8) is 0 Å². The van der Waals surface area contributed by atoms with Crippen molar-refractivity contribution in [1.29, 1.82) is 0 Å². The average Bonchev–Trinajstić information content (AvgIpc) is 2.54. The van der Waals surface area contributed by atoms with Crippen molar-refractivity contribution in [2.75, 3.05) is 4.72 Å². The SMILES string of the molecule is CC[C@@H](C)c1ccc(S(=O)(=O)Nc2cccc(C(=O)O)c2)cc1. The third kappa shape index (κ3) is 4.10. The van der Waals surface area contributed by atoms with Gasteiger partial charge in [-0.25, -0.2) is 13.2 Å². The first-order chi connectivity index (χ1) is 10.8. The van der Waals surface area contributed by atoms with Gasteiger partial charge >= 0.3 is 5.97 Å². The Kier molecular flexibility index (Phi) is 5.05. The number of hydrogen-bond donors (Lipinski definition) is 2. The zero-order chi connectivity index (χ0) is 17.0. The van der Waals surface area contributed by atoms with Gasteiger partial charge in [-0.1, -0.05) is 32.0 Å². The van der Waals surface area contributed by atoms with Crippen LogP contribution in [-0.2, 0) is 10.0 Å². The van der Waals surface area contributed by atoms with Crippen LogP contribution in [0.1, 0.15) is 42.1 Å². The lowest BCUT2D eigenvalue weighted by Gasteiger charge is -2.11. The lowest BCUT2D eigenvalue weighted by atomic mass is 9.99. The maximum atomic E-state index is 12.4.